The zero-order chi connectivity index (χ0) is 16.0. The van der Waals surface area contributed by atoms with Crippen LogP contribution in [0.4, 0.5) is 0 Å². The topological polar surface area (TPSA) is 78.8 Å². The summed E-state index contributed by atoms with van der Waals surface area (Å²) >= 11 is 0. The lowest BCUT2D eigenvalue weighted by molar-refractivity contribution is -0.124. The van der Waals surface area contributed by atoms with Gasteiger partial charge in [0.2, 0.25) is 10.0 Å². The van der Waals surface area contributed by atoms with E-state index in [0.717, 1.165) is 25.1 Å². The number of nitrogens with zero attached hydrogens (tertiary/aromatic N) is 2. The predicted octanol–water partition coefficient (Wildman–Crippen LogP) is 1.14. The molecule has 1 saturated carbocycles. The average Bonchev–Trinajstić information content (AvgIpc) is 3.13. The molecular formula is C15H25N3O3S. The minimum absolute atomic E-state index is 0.0235. The summed E-state index contributed by atoms with van der Waals surface area (Å²) in [5.41, 5.74) is -0.703. The first-order chi connectivity index (χ1) is 10.4. The van der Waals surface area contributed by atoms with Crippen molar-refractivity contribution in [1.29, 1.82) is 0 Å². The highest BCUT2D eigenvalue weighted by molar-refractivity contribution is 7.89. The molecule has 0 aromatic carbocycles. The Morgan fingerprint density at radius 2 is 2.14 bits per heavy atom. The molecule has 7 heteroatoms. The molecule has 1 amide bonds. The molecule has 0 unspecified atom stereocenters. The smallest absolute Gasteiger partial charge is 0.253 e. The summed E-state index contributed by atoms with van der Waals surface area (Å²) in [5.74, 6) is 1.24. The molecule has 0 aromatic heterocycles. The predicted molar refractivity (Wildman–Crippen MR) is 85.1 cm³/mol. The number of sulfonamides is 1. The van der Waals surface area contributed by atoms with Gasteiger partial charge in [0.05, 0.1) is 5.75 Å². The fourth-order valence-electron chi connectivity index (χ4n) is 4.09. The highest BCUT2D eigenvalue weighted by atomic mass is 32.2. The standard InChI is InChI=1S/C15H25N3O3S/c1-3-5-8-22(20,21)18-9-11-6-7-15(12(11)10-18)14(19)16-13(4-2)17-15/h11-12H,3-10H2,1-2H3,(H,16,17,19)/t11-,12+,15-/m1/s1. The molecule has 2 fully saturated rings. The monoisotopic (exact) mass is 327 g/mol. The van der Waals surface area contributed by atoms with Crippen LogP contribution in [0.1, 0.15) is 46.0 Å². The van der Waals surface area contributed by atoms with Crippen LogP contribution in [0.5, 0.6) is 0 Å². The van der Waals surface area contributed by atoms with E-state index >= 15 is 0 Å². The molecular weight excluding hydrogens is 302 g/mol. The fourth-order valence-corrected chi connectivity index (χ4v) is 5.80. The minimum Gasteiger partial charge on any atom is -0.312 e. The maximum absolute atomic E-state index is 12.4. The van der Waals surface area contributed by atoms with Gasteiger partial charge >= 0.3 is 0 Å². The van der Waals surface area contributed by atoms with Gasteiger partial charge in [-0.25, -0.2) is 12.7 Å². The van der Waals surface area contributed by atoms with E-state index in [2.05, 4.69) is 10.3 Å². The van der Waals surface area contributed by atoms with Crippen molar-refractivity contribution < 1.29 is 13.2 Å². The lowest BCUT2D eigenvalue weighted by Crippen LogP contribution is -2.45. The zero-order valence-corrected chi connectivity index (χ0v) is 14.2. The quantitative estimate of drug-likeness (QED) is 0.822. The fraction of sp³-hybridized carbons (Fsp3) is 0.867. The SMILES string of the molecule is CCCCS(=O)(=O)N1C[C@H]2CC[C@@]3(N=C(CC)NC3=O)[C@H]2C1. The van der Waals surface area contributed by atoms with Gasteiger partial charge < -0.3 is 5.32 Å². The van der Waals surface area contributed by atoms with Crippen LogP contribution in [0.3, 0.4) is 0 Å². The number of fused-ring (bicyclic) bond motifs is 2. The van der Waals surface area contributed by atoms with Crippen LogP contribution in [0, 0.1) is 11.8 Å². The Morgan fingerprint density at radius 3 is 2.77 bits per heavy atom. The Hall–Kier alpha value is -0.950. The molecule has 3 atom stereocenters. The van der Waals surface area contributed by atoms with Gasteiger partial charge in [-0.15, -0.1) is 0 Å². The maximum atomic E-state index is 12.4. The van der Waals surface area contributed by atoms with Crippen molar-refractivity contribution in [3.8, 4) is 0 Å². The molecule has 2 aliphatic heterocycles. The third kappa shape index (κ3) is 2.38. The Balaban J connectivity index is 1.80. The van der Waals surface area contributed by atoms with E-state index in [4.69, 9.17) is 0 Å². The van der Waals surface area contributed by atoms with Gasteiger partial charge in [-0.1, -0.05) is 20.3 Å². The minimum atomic E-state index is -3.19. The van der Waals surface area contributed by atoms with E-state index in [-0.39, 0.29) is 23.5 Å². The molecule has 1 N–H and O–H groups in total. The summed E-state index contributed by atoms with van der Waals surface area (Å²) in [5, 5.41) is 2.88. The number of amidine groups is 1. The number of aliphatic imine (C=N–C) groups is 1. The molecule has 0 radical (unpaired) electrons. The van der Waals surface area contributed by atoms with Crippen LogP contribution in [0.25, 0.3) is 0 Å². The van der Waals surface area contributed by atoms with Crippen molar-refractivity contribution in [2.24, 2.45) is 16.8 Å². The zero-order valence-electron chi connectivity index (χ0n) is 13.3. The van der Waals surface area contributed by atoms with Crippen molar-refractivity contribution in [3.05, 3.63) is 0 Å². The van der Waals surface area contributed by atoms with Gasteiger partial charge in [-0.2, -0.15) is 0 Å². The Morgan fingerprint density at radius 1 is 1.36 bits per heavy atom. The second kappa shape index (κ2) is 5.60. The molecule has 3 aliphatic rings. The van der Waals surface area contributed by atoms with Gasteiger partial charge in [0, 0.05) is 25.4 Å². The summed E-state index contributed by atoms with van der Waals surface area (Å²) in [6.07, 6.45) is 3.91. The lowest BCUT2D eigenvalue weighted by Gasteiger charge is -2.25. The molecule has 22 heavy (non-hydrogen) atoms. The van der Waals surface area contributed by atoms with Crippen molar-refractivity contribution in [2.45, 2.75) is 51.5 Å². The number of hydrogen-bond donors (Lipinski definition) is 1. The normalized spacial score (nSPS) is 35.0. The van der Waals surface area contributed by atoms with E-state index in [1.54, 1.807) is 4.31 Å². The Labute approximate surface area is 132 Å². The first-order valence-corrected chi connectivity index (χ1v) is 9.92. The molecule has 1 aliphatic carbocycles. The van der Waals surface area contributed by atoms with Gasteiger partial charge in [-0.3, -0.25) is 9.79 Å². The van der Waals surface area contributed by atoms with E-state index in [9.17, 15) is 13.2 Å². The van der Waals surface area contributed by atoms with Crippen molar-refractivity contribution >= 4 is 21.8 Å². The van der Waals surface area contributed by atoms with E-state index in [1.807, 2.05) is 13.8 Å². The number of carbonyl (C=O) groups is 1. The van der Waals surface area contributed by atoms with Crippen LogP contribution in [-0.2, 0) is 14.8 Å². The van der Waals surface area contributed by atoms with Gasteiger partial charge in [-0.05, 0) is 25.2 Å². The largest absolute Gasteiger partial charge is 0.312 e. The van der Waals surface area contributed by atoms with Crippen LogP contribution >= 0.6 is 0 Å². The lowest BCUT2D eigenvalue weighted by atomic mass is 9.85. The summed E-state index contributed by atoms with van der Waals surface area (Å²) in [6, 6.07) is 0. The molecule has 2 heterocycles. The van der Waals surface area contributed by atoms with Crippen molar-refractivity contribution in [1.82, 2.24) is 9.62 Å². The van der Waals surface area contributed by atoms with Gasteiger partial charge in [0.1, 0.15) is 11.4 Å². The highest BCUT2D eigenvalue weighted by Gasteiger charge is 2.60. The number of rotatable bonds is 5. The van der Waals surface area contributed by atoms with Crippen molar-refractivity contribution in [2.75, 3.05) is 18.8 Å². The summed E-state index contributed by atoms with van der Waals surface area (Å²) < 4.78 is 26.4. The van der Waals surface area contributed by atoms with Crippen LogP contribution < -0.4 is 5.32 Å². The van der Waals surface area contributed by atoms with E-state index < -0.39 is 15.6 Å². The average molecular weight is 327 g/mol. The molecule has 3 rings (SSSR count). The molecule has 124 valence electrons. The Bertz CT molecular complexity index is 601. The highest BCUT2D eigenvalue weighted by Crippen LogP contribution is 2.49. The van der Waals surface area contributed by atoms with Crippen molar-refractivity contribution in [3.63, 3.8) is 0 Å². The first kappa shape index (κ1) is 15.9. The summed E-state index contributed by atoms with van der Waals surface area (Å²) in [4.78, 5) is 17.1. The maximum Gasteiger partial charge on any atom is 0.253 e. The van der Waals surface area contributed by atoms with E-state index in [1.165, 1.54) is 0 Å². The number of unbranched alkanes of at least 4 members (excludes halogenated alkanes) is 1. The number of hydrogen-bond acceptors (Lipinski definition) is 4. The molecule has 6 nitrogen and oxygen atoms in total. The molecule has 1 spiro atoms. The third-order valence-corrected chi connectivity index (χ3v) is 7.28. The number of amides is 1. The number of nitrogens with one attached hydrogen (secondary N) is 1. The molecule has 0 bridgehead atoms. The van der Waals surface area contributed by atoms with Crippen LogP contribution in [0.2, 0.25) is 0 Å². The molecule has 1 saturated heterocycles. The van der Waals surface area contributed by atoms with Gasteiger partial charge in [0.15, 0.2) is 0 Å². The third-order valence-electron chi connectivity index (χ3n) is 5.39. The van der Waals surface area contributed by atoms with Gasteiger partial charge in [0.25, 0.3) is 5.91 Å². The second-order valence-corrected chi connectivity index (χ2v) is 8.77. The number of carbonyl (C=O) groups excluding carboxylic acids is 1. The van der Waals surface area contributed by atoms with E-state index in [0.29, 0.717) is 25.9 Å². The summed E-state index contributed by atoms with van der Waals surface area (Å²) in [6.45, 7) is 4.97. The Kier molecular flexibility index (Phi) is 4.05. The summed E-state index contributed by atoms with van der Waals surface area (Å²) in [7, 11) is -3.19. The molecule has 0 aromatic rings. The first-order valence-electron chi connectivity index (χ1n) is 8.31. The van der Waals surface area contributed by atoms with Crippen LogP contribution in [0.15, 0.2) is 4.99 Å². The second-order valence-electron chi connectivity index (χ2n) is 6.68. The van der Waals surface area contributed by atoms with Crippen LogP contribution in [-0.4, -0.2) is 48.8 Å².